The van der Waals surface area contributed by atoms with E-state index in [2.05, 4.69) is 18.1 Å². The first-order valence-electron chi connectivity index (χ1n) is 15.4. The second-order valence-electron chi connectivity index (χ2n) is 11.6. The van der Waals surface area contributed by atoms with Crippen LogP contribution in [0.5, 0.6) is 5.75 Å². The third kappa shape index (κ3) is 7.39. The lowest BCUT2D eigenvalue weighted by Crippen LogP contribution is -2.49. The molecule has 2 amide bonds. The highest BCUT2D eigenvalue weighted by atomic mass is 35.5. The van der Waals surface area contributed by atoms with Gasteiger partial charge in [0.2, 0.25) is 5.91 Å². The SMILES string of the molecule is C=C/C=C(\C=C)C1(C(N)=O)CCN(C(=O)c2cc(-c3ccc(OCCCN4CCCC4)cc3)c(-c3ccc(Cl)cc3Cl)s2)CC1. The van der Waals surface area contributed by atoms with Crippen molar-refractivity contribution in [1.29, 1.82) is 0 Å². The highest BCUT2D eigenvalue weighted by molar-refractivity contribution is 7.18. The molecule has 9 heteroatoms. The van der Waals surface area contributed by atoms with E-state index in [1.165, 1.54) is 37.3 Å². The molecule has 236 valence electrons. The van der Waals surface area contributed by atoms with E-state index in [1.807, 2.05) is 36.4 Å². The van der Waals surface area contributed by atoms with Crippen LogP contribution in [0.1, 0.15) is 41.8 Å². The summed E-state index contributed by atoms with van der Waals surface area (Å²) in [4.78, 5) is 32.3. The highest BCUT2D eigenvalue weighted by Crippen LogP contribution is 2.45. The van der Waals surface area contributed by atoms with Crippen LogP contribution in [0.4, 0.5) is 0 Å². The maximum atomic E-state index is 13.9. The Bertz CT molecular complexity index is 1580. The summed E-state index contributed by atoms with van der Waals surface area (Å²) in [6, 6.07) is 15.3. The van der Waals surface area contributed by atoms with Gasteiger partial charge in [0, 0.05) is 40.7 Å². The van der Waals surface area contributed by atoms with Crippen LogP contribution >= 0.6 is 34.5 Å². The van der Waals surface area contributed by atoms with E-state index in [1.54, 1.807) is 35.3 Å². The molecule has 0 spiro atoms. The van der Waals surface area contributed by atoms with Crippen LogP contribution in [0.3, 0.4) is 0 Å². The van der Waals surface area contributed by atoms with Crippen LogP contribution in [0.25, 0.3) is 21.6 Å². The first-order valence-corrected chi connectivity index (χ1v) is 16.9. The number of likely N-dealkylation sites (tertiary alicyclic amines) is 2. The Morgan fingerprint density at radius 1 is 0.978 bits per heavy atom. The topological polar surface area (TPSA) is 75.9 Å². The van der Waals surface area contributed by atoms with Gasteiger partial charge in [-0.2, -0.15) is 0 Å². The van der Waals surface area contributed by atoms with Gasteiger partial charge in [0.05, 0.1) is 21.9 Å². The number of hydrogen-bond acceptors (Lipinski definition) is 5. The van der Waals surface area contributed by atoms with Gasteiger partial charge in [-0.05, 0) is 86.7 Å². The number of amides is 2. The molecule has 0 bridgehead atoms. The summed E-state index contributed by atoms with van der Waals surface area (Å²) in [6.07, 6.45) is 9.45. The summed E-state index contributed by atoms with van der Waals surface area (Å²) < 4.78 is 6.03. The molecule has 3 heterocycles. The number of ether oxygens (including phenoxy) is 1. The number of nitrogens with zero attached hydrogens (tertiary/aromatic N) is 2. The van der Waals surface area contributed by atoms with Crippen LogP contribution < -0.4 is 10.5 Å². The van der Waals surface area contributed by atoms with Crippen LogP contribution in [0.2, 0.25) is 10.0 Å². The molecule has 45 heavy (non-hydrogen) atoms. The predicted molar refractivity (Wildman–Crippen MR) is 186 cm³/mol. The molecule has 2 saturated heterocycles. The first kappa shape index (κ1) is 33.0. The van der Waals surface area contributed by atoms with Crippen molar-refractivity contribution in [3.8, 4) is 27.3 Å². The van der Waals surface area contributed by atoms with E-state index < -0.39 is 11.3 Å². The number of carbonyl (C=O) groups excluding carboxylic acids is 2. The van der Waals surface area contributed by atoms with Crippen molar-refractivity contribution in [3.05, 3.63) is 100 Å². The Hall–Kier alpha value is -3.36. The average Bonchev–Trinajstić information content (AvgIpc) is 3.73. The molecule has 1 aromatic heterocycles. The number of primary amides is 1. The highest BCUT2D eigenvalue weighted by Gasteiger charge is 2.43. The molecular weight excluding hydrogens is 625 g/mol. The van der Waals surface area contributed by atoms with Crippen LogP contribution in [-0.4, -0.2) is 60.9 Å². The third-order valence-electron chi connectivity index (χ3n) is 8.82. The zero-order chi connectivity index (χ0) is 32.0. The van der Waals surface area contributed by atoms with E-state index in [9.17, 15) is 9.59 Å². The predicted octanol–water partition coefficient (Wildman–Crippen LogP) is 8.26. The number of hydrogen-bond donors (Lipinski definition) is 1. The van der Waals surface area contributed by atoms with Crippen molar-refractivity contribution in [3.63, 3.8) is 0 Å². The second-order valence-corrected chi connectivity index (χ2v) is 13.4. The first-order chi connectivity index (χ1) is 21.8. The Morgan fingerprint density at radius 2 is 1.69 bits per heavy atom. The fourth-order valence-electron chi connectivity index (χ4n) is 6.27. The second kappa shape index (κ2) is 14.8. The Kier molecular flexibility index (Phi) is 10.9. The molecule has 2 N–H and O–H groups in total. The summed E-state index contributed by atoms with van der Waals surface area (Å²) in [5.74, 6) is 0.301. The van der Waals surface area contributed by atoms with E-state index in [0.717, 1.165) is 45.9 Å². The number of halogens is 2. The average molecular weight is 665 g/mol. The molecule has 0 radical (unpaired) electrons. The number of benzene rings is 2. The normalized spacial score (nSPS) is 16.8. The quantitative estimate of drug-likeness (QED) is 0.156. The Balaban J connectivity index is 1.37. The summed E-state index contributed by atoms with van der Waals surface area (Å²) in [5, 5.41) is 1.05. The van der Waals surface area contributed by atoms with Crippen molar-refractivity contribution >= 4 is 46.4 Å². The van der Waals surface area contributed by atoms with Crippen LogP contribution in [0.15, 0.2) is 85.5 Å². The van der Waals surface area contributed by atoms with Crippen molar-refractivity contribution < 1.29 is 14.3 Å². The molecule has 0 aliphatic carbocycles. The lowest BCUT2D eigenvalue weighted by atomic mass is 9.71. The summed E-state index contributed by atoms with van der Waals surface area (Å²) >= 11 is 14.3. The zero-order valence-electron chi connectivity index (χ0n) is 25.4. The molecule has 3 aromatic rings. The summed E-state index contributed by atoms with van der Waals surface area (Å²) in [6.45, 7) is 12.5. The molecule has 2 aliphatic rings. The maximum absolute atomic E-state index is 13.9. The number of piperidine rings is 1. The van der Waals surface area contributed by atoms with Gasteiger partial charge in [0.15, 0.2) is 0 Å². The number of rotatable bonds is 12. The summed E-state index contributed by atoms with van der Waals surface area (Å²) in [5.41, 5.74) is 8.40. The van der Waals surface area contributed by atoms with Gasteiger partial charge in [-0.3, -0.25) is 9.59 Å². The van der Waals surface area contributed by atoms with Gasteiger partial charge < -0.3 is 20.3 Å². The monoisotopic (exact) mass is 663 g/mol. The molecule has 2 aliphatic heterocycles. The minimum atomic E-state index is -0.882. The van der Waals surface area contributed by atoms with E-state index >= 15 is 0 Å². The molecule has 5 rings (SSSR count). The van der Waals surface area contributed by atoms with Crippen LogP contribution in [-0.2, 0) is 4.79 Å². The zero-order valence-corrected chi connectivity index (χ0v) is 27.7. The Labute approximate surface area is 279 Å². The van der Waals surface area contributed by atoms with Crippen molar-refractivity contribution in [2.75, 3.05) is 39.3 Å². The minimum absolute atomic E-state index is 0.0959. The lowest BCUT2D eigenvalue weighted by Gasteiger charge is -2.40. The molecule has 6 nitrogen and oxygen atoms in total. The molecular formula is C36H39Cl2N3O3S. The van der Waals surface area contributed by atoms with Crippen molar-refractivity contribution in [1.82, 2.24) is 9.80 Å². The number of allylic oxidation sites excluding steroid dienone is 3. The van der Waals surface area contributed by atoms with E-state index in [-0.39, 0.29) is 5.91 Å². The fraction of sp³-hybridized carbons (Fsp3) is 0.333. The van der Waals surface area contributed by atoms with Crippen molar-refractivity contribution in [2.45, 2.75) is 32.1 Å². The number of carbonyl (C=O) groups is 2. The van der Waals surface area contributed by atoms with Gasteiger partial charge in [-0.25, -0.2) is 0 Å². The Morgan fingerprint density at radius 3 is 2.31 bits per heavy atom. The van der Waals surface area contributed by atoms with Gasteiger partial charge in [-0.15, -0.1) is 11.3 Å². The smallest absolute Gasteiger partial charge is 0.263 e. The fourth-order valence-corrected chi connectivity index (χ4v) is 8.02. The molecule has 2 aromatic carbocycles. The van der Waals surface area contributed by atoms with E-state index in [4.69, 9.17) is 33.7 Å². The summed E-state index contributed by atoms with van der Waals surface area (Å²) in [7, 11) is 0. The molecule has 0 atom stereocenters. The molecule has 2 fully saturated rings. The largest absolute Gasteiger partial charge is 0.494 e. The number of nitrogens with two attached hydrogens (primary N) is 1. The standard InChI is InChI=1S/C36H39Cl2N3O3S/c1-3-8-26(4-2)36(35(39)43)15-20-41(21-16-36)34(42)32-24-30(33(45-32)29-14-11-27(37)23-31(29)38)25-9-12-28(13-10-25)44-22-7-19-40-17-5-6-18-40/h3-4,8-14,23-24H,1-2,5-7,15-22H2,(H2,39,43)/b26-8+. The van der Waals surface area contributed by atoms with E-state index in [0.29, 0.717) is 47.5 Å². The molecule has 0 saturated carbocycles. The lowest BCUT2D eigenvalue weighted by molar-refractivity contribution is -0.127. The number of thiophene rings is 1. The third-order valence-corrected chi connectivity index (χ3v) is 10.5. The molecule has 0 unspecified atom stereocenters. The maximum Gasteiger partial charge on any atom is 0.263 e. The minimum Gasteiger partial charge on any atom is -0.494 e. The van der Waals surface area contributed by atoms with Crippen LogP contribution in [0, 0.1) is 5.41 Å². The van der Waals surface area contributed by atoms with Gasteiger partial charge in [0.1, 0.15) is 5.75 Å². The van der Waals surface area contributed by atoms with Gasteiger partial charge in [-0.1, -0.05) is 72.8 Å². The van der Waals surface area contributed by atoms with Gasteiger partial charge >= 0.3 is 0 Å². The van der Waals surface area contributed by atoms with Crippen molar-refractivity contribution in [2.24, 2.45) is 11.1 Å². The van der Waals surface area contributed by atoms with Gasteiger partial charge in [0.25, 0.3) is 5.91 Å².